The van der Waals surface area contributed by atoms with Crippen molar-refractivity contribution in [2.75, 3.05) is 13.7 Å². The first kappa shape index (κ1) is 14.4. The van der Waals surface area contributed by atoms with E-state index in [1.807, 2.05) is 0 Å². The van der Waals surface area contributed by atoms with Gasteiger partial charge in [0.15, 0.2) is 5.82 Å². The van der Waals surface area contributed by atoms with Crippen LogP contribution in [0.3, 0.4) is 0 Å². The number of para-hydroxylation sites is 1. The summed E-state index contributed by atoms with van der Waals surface area (Å²) >= 11 is 0. The Kier molecular flexibility index (Phi) is 4.59. The molecule has 2 rings (SSSR count). The Morgan fingerprint density at radius 3 is 2.80 bits per heavy atom. The molecule has 8 heteroatoms. The minimum atomic E-state index is -2.94. The van der Waals surface area contributed by atoms with E-state index in [4.69, 9.17) is 15.0 Å². The van der Waals surface area contributed by atoms with Gasteiger partial charge in [-0.15, -0.1) is 0 Å². The zero-order valence-electron chi connectivity index (χ0n) is 10.6. The zero-order valence-corrected chi connectivity index (χ0v) is 10.6. The van der Waals surface area contributed by atoms with Crippen LogP contribution in [-0.4, -0.2) is 30.5 Å². The third-order valence-corrected chi connectivity index (χ3v) is 2.45. The third-order valence-electron chi connectivity index (χ3n) is 2.45. The average Bonchev–Trinajstić information content (AvgIpc) is 2.88. The van der Waals surface area contributed by atoms with Gasteiger partial charge in [0.25, 0.3) is 5.89 Å². The first-order valence-corrected chi connectivity index (χ1v) is 5.74. The lowest BCUT2D eigenvalue weighted by Crippen LogP contribution is -2.17. The molecule has 6 nitrogen and oxygen atoms in total. The SMILES string of the molecule is COCC(N)c1noc(-c2ccccc2OC(F)F)n1. The van der Waals surface area contributed by atoms with Crippen LogP contribution in [0, 0.1) is 0 Å². The maximum Gasteiger partial charge on any atom is 0.387 e. The monoisotopic (exact) mass is 285 g/mol. The second-order valence-electron chi connectivity index (χ2n) is 3.89. The number of alkyl halides is 2. The largest absolute Gasteiger partial charge is 0.434 e. The summed E-state index contributed by atoms with van der Waals surface area (Å²) in [4.78, 5) is 4.06. The molecule has 0 saturated heterocycles. The van der Waals surface area contributed by atoms with E-state index in [1.165, 1.54) is 19.2 Å². The van der Waals surface area contributed by atoms with E-state index >= 15 is 0 Å². The number of hydrogen-bond acceptors (Lipinski definition) is 6. The average molecular weight is 285 g/mol. The number of aromatic nitrogens is 2. The summed E-state index contributed by atoms with van der Waals surface area (Å²) in [6.07, 6.45) is 0. The van der Waals surface area contributed by atoms with Gasteiger partial charge in [0.1, 0.15) is 5.75 Å². The Bertz CT molecular complexity index is 562. The van der Waals surface area contributed by atoms with Crippen molar-refractivity contribution in [1.82, 2.24) is 10.1 Å². The molecule has 1 aromatic heterocycles. The van der Waals surface area contributed by atoms with Crippen LogP contribution in [0.15, 0.2) is 28.8 Å². The van der Waals surface area contributed by atoms with Crippen LogP contribution >= 0.6 is 0 Å². The van der Waals surface area contributed by atoms with Gasteiger partial charge in [-0.2, -0.15) is 13.8 Å². The predicted molar refractivity (Wildman–Crippen MR) is 65.2 cm³/mol. The molecule has 0 fully saturated rings. The van der Waals surface area contributed by atoms with Crippen LogP contribution in [0.1, 0.15) is 11.9 Å². The highest BCUT2D eigenvalue weighted by Crippen LogP contribution is 2.30. The number of nitrogens with two attached hydrogens (primary N) is 1. The molecule has 20 heavy (non-hydrogen) atoms. The van der Waals surface area contributed by atoms with Crippen molar-refractivity contribution in [1.29, 1.82) is 0 Å². The third kappa shape index (κ3) is 3.28. The quantitative estimate of drug-likeness (QED) is 0.873. The van der Waals surface area contributed by atoms with Crippen molar-refractivity contribution < 1.29 is 22.8 Å². The number of hydrogen-bond donors (Lipinski definition) is 1. The topological polar surface area (TPSA) is 83.4 Å². The molecule has 108 valence electrons. The number of benzene rings is 1. The molecule has 1 unspecified atom stereocenters. The molecule has 0 aliphatic carbocycles. The number of halogens is 2. The van der Waals surface area contributed by atoms with Gasteiger partial charge in [-0.1, -0.05) is 17.3 Å². The number of methoxy groups -OCH3 is 1. The van der Waals surface area contributed by atoms with E-state index < -0.39 is 12.7 Å². The minimum Gasteiger partial charge on any atom is -0.434 e. The summed E-state index contributed by atoms with van der Waals surface area (Å²) < 4.78 is 38.9. The van der Waals surface area contributed by atoms with Crippen molar-refractivity contribution in [2.24, 2.45) is 5.73 Å². The van der Waals surface area contributed by atoms with Crippen LogP contribution in [0.2, 0.25) is 0 Å². The second kappa shape index (κ2) is 6.40. The minimum absolute atomic E-state index is 0.0435. The first-order chi connectivity index (χ1) is 9.61. The normalized spacial score (nSPS) is 12.7. The number of nitrogens with zero attached hydrogens (tertiary/aromatic N) is 2. The van der Waals surface area contributed by atoms with E-state index in [0.29, 0.717) is 0 Å². The van der Waals surface area contributed by atoms with Gasteiger partial charge < -0.3 is 19.7 Å². The fraction of sp³-hybridized carbons (Fsp3) is 0.333. The Balaban J connectivity index is 2.28. The lowest BCUT2D eigenvalue weighted by molar-refractivity contribution is -0.0495. The number of rotatable bonds is 6. The standard InChI is InChI=1S/C12H13F2N3O3/c1-18-6-8(15)10-16-11(20-17-10)7-4-2-3-5-9(7)19-12(13)14/h2-5,8,12H,6,15H2,1H3. The molecular formula is C12H13F2N3O3. The van der Waals surface area contributed by atoms with Crippen molar-refractivity contribution in [3.05, 3.63) is 30.1 Å². The summed E-state index contributed by atoms with van der Waals surface area (Å²) in [5.41, 5.74) is 6.03. The highest BCUT2D eigenvalue weighted by molar-refractivity contribution is 5.62. The summed E-state index contributed by atoms with van der Waals surface area (Å²) in [5, 5.41) is 3.70. The zero-order chi connectivity index (χ0) is 14.5. The molecule has 0 bridgehead atoms. The molecule has 0 saturated carbocycles. The fourth-order valence-corrected chi connectivity index (χ4v) is 1.59. The van der Waals surface area contributed by atoms with E-state index in [1.54, 1.807) is 12.1 Å². The molecule has 0 spiro atoms. The predicted octanol–water partition coefficient (Wildman–Crippen LogP) is 1.98. The molecule has 0 aliphatic rings. The smallest absolute Gasteiger partial charge is 0.387 e. The summed E-state index contributed by atoms with van der Waals surface area (Å²) in [7, 11) is 1.49. The molecule has 0 amide bonds. The van der Waals surface area contributed by atoms with Gasteiger partial charge in [0, 0.05) is 7.11 Å². The van der Waals surface area contributed by atoms with Crippen LogP contribution in [0.4, 0.5) is 8.78 Å². The Labute approximate surface area is 113 Å². The molecule has 0 aliphatic heterocycles. The second-order valence-corrected chi connectivity index (χ2v) is 3.89. The van der Waals surface area contributed by atoms with Gasteiger partial charge in [-0.25, -0.2) is 0 Å². The maximum absolute atomic E-state index is 12.3. The van der Waals surface area contributed by atoms with Gasteiger partial charge in [-0.05, 0) is 12.1 Å². The van der Waals surface area contributed by atoms with Gasteiger partial charge >= 0.3 is 6.61 Å². The van der Waals surface area contributed by atoms with E-state index in [0.717, 1.165) is 0 Å². The van der Waals surface area contributed by atoms with Gasteiger partial charge in [0.05, 0.1) is 18.2 Å². The van der Waals surface area contributed by atoms with E-state index in [9.17, 15) is 8.78 Å². The lowest BCUT2D eigenvalue weighted by atomic mass is 10.2. The van der Waals surface area contributed by atoms with Crippen molar-refractivity contribution in [3.8, 4) is 17.2 Å². The molecule has 0 radical (unpaired) electrons. The first-order valence-electron chi connectivity index (χ1n) is 5.74. The van der Waals surface area contributed by atoms with Crippen LogP contribution in [-0.2, 0) is 4.74 Å². The summed E-state index contributed by atoms with van der Waals surface area (Å²) in [6.45, 7) is -2.72. The molecule has 1 aromatic carbocycles. The van der Waals surface area contributed by atoms with Gasteiger partial charge in [0.2, 0.25) is 0 Å². The van der Waals surface area contributed by atoms with E-state index in [-0.39, 0.29) is 29.6 Å². The maximum atomic E-state index is 12.3. The molecule has 2 N–H and O–H groups in total. The Morgan fingerprint density at radius 2 is 2.10 bits per heavy atom. The van der Waals surface area contributed by atoms with Crippen molar-refractivity contribution in [3.63, 3.8) is 0 Å². The summed E-state index contributed by atoms with van der Waals surface area (Å²) in [5.74, 6) is 0.245. The van der Waals surface area contributed by atoms with Crippen LogP contribution < -0.4 is 10.5 Å². The Morgan fingerprint density at radius 1 is 1.35 bits per heavy atom. The van der Waals surface area contributed by atoms with Crippen LogP contribution in [0.25, 0.3) is 11.5 Å². The highest BCUT2D eigenvalue weighted by Gasteiger charge is 2.19. The molecule has 2 aromatic rings. The summed E-state index contributed by atoms with van der Waals surface area (Å²) in [6, 6.07) is 5.58. The van der Waals surface area contributed by atoms with Gasteiger partial charge in [-0.3, -0.25) is 0 Å². The Hall–Kier alpha value is -2.06. The molecule has 1 heterocycles. The molecular weight excluding hydrogens is 272 g/mol. The number of ether oxygens (including phenoxy) is 2. The van der Waals surface area contributed by atoms with Crippen LogP contribution in [0.5, 0.6) is 5.75 Å². The van der Waals surface area contributed by atoms with Crippen molar-refractivity contribution >= 4 is 0 Å². The van der Waals surface area contributed by atoms with E-state index in [2.05, 4.69) is 14.9 Å². The fourth-order valence-electron chi connectivity index (χ4n) is 1.59. The lowest BCUT2D eigenvalue weighted by Gasteiger charge is -2.07. The van der Waals surface area contributed by atoms with Crippen molar-refractivity contribution in [2.45, 2.75) is 12.7 Å². The molecule has 1 atom stereocenters. The highest BCUT2D eigenvalue weighted by atomic mass is 19.3.